The second kappa shape index (κ2) is 31.4. The summed E-state index contributed by atoms with van der Waals surface area (Å²) in [5, 5.41) is 14.2. The Bertz CT molecular complexity index is 315. The third kappa shape index (κ3) is 70.5. The fraction of sp³-hybridized carbons (Fsp3) is 0.737. The first-order chi connectivity index (χ1) is 13.4. The van der Waals surface area contributed by atoms with Gasteiger partial charge in [-0.3, -0.25) is 0 Å². The van der Waals surface area contributed by atoms with E-state index in [0.717, 1.165) is 38.5 Å². The molecule has 0 saturated heterocycles. The van der Waals surface area contributed by atoms with E-state index in [0.29, 0.717) is 19.8 Å². The van der Waals surface area contributed by atoms with Crippen LogP contribution in [0, 0.1) is 0 Å². The summed E-state index contributed by atoms with van der Waals surface area (Å²) in [6, 6.07) is 10.0. The SMILES string of the molecule is CCCCO.CCCCO.CCCCO.F[C](F)(F)[GeH][C](F)(F)F.[Zr].c1cc[cH-]c1. The Hall–Kier alpha value is 0.236. The standard InChI is InChI=1S/C5H5.3C4H10O.C2HF6Ge.Zr/c1-2-4-5-3-1;3*1-2-3-4-5;3-1(4,5)9-2(6,7)8;/h1-5H;3*5H,2-4H2,1H3;9H;/q-1;;;;;. The van der Waals surface area contributed by atoms with Crippen molar-refractivity contribution in [2.24, 2.45) is 0 Å². The van der Waals surface area contributed by atoms with Gasteiger partial charge in [0.25, 0.3) is 0 Å². The Kier molecular flexibility index (Phi) is 42.5. The molecule has 0 saturated carbocycles. The monoisotopic (exact) mass is 590 g/mol. The first kappa shape index (κ1) is 40.6. The van der Waals surface area contributed by atoms with Gasteiger partial charge in [0.05, 0.1) is 0 Å². The van der Waals surface area contributed by atoms with Crippen LogP contribution in [0.1, 0.15) is 59.3 Å². The van der Waals surface area contributed by atoms with E-state index in [-0.39, 0.29) is 26.2 Å². The number of halogens is 6. The fourth-order valence-electron chi connectivity index (χ4n) is 0.981. The van der Waals surface area contributed by atoms with E-state index >= 15 is 0 Å². The van der Waals surface area contributed by atoms with Crippen molar-refractivity contribution in [3.63, 3.8) is 0 Å². The predicted octanol–water partition coefficient (Wildman–Crippen LogP) is 5.20. The molecule has 3 N–H and O–H groups in total. The molecular weight excluding hydrogens is 554 g/mol. The second-order valence-corrected chi connectivity index (χ2v) is 8.77. The number of unbranched alkanes of at least 4 members (excludes halogenated alkanes) is 3. The Morgan fingerprint density at radius 3 is 0.967 bits per heavy atom. The molecule has 0 heterocycles. The van der Waals surface area contributed by atoms with Crippen molar-refractivity contribution in [3.8, 4) is 0 Å². The maximum absolute atomic E-state index is 10.9. The zero-order valence-electron chi connectivity index (χ0n) is 17.9. The van der Waals surface area contributed by atoms with E-state index in [1.165, 1.54) is 0 Å². The van der Waals surface area contributed by atoms with Crippen LogP contribution >= 0.6 is 0 Å². The first-order valence-corrected chi connectivity index (χ1v) is 11.9. The van der Waals surface area contributed by atoms with Gasteiger partial charge in [0.15, 0.2) is 0 Å². The molecule has 0 aliphatic heterocycles. The van der Waals surface area contributed by atoms with Gasteiger partial charge in [0.1, 0.15) is 0 Å². The molecule has 3 nitrogen and oxygen atoms in total. The van der Waals surface area contributed by atoms with Gasteiger partial charge in [0, 0.05) is 46.0 Å². The van der Waals surface area contributed by atoms with Crippen molar-refractivity contribution in [1.29, 1.82) is 0 Å². The summed E-state index contributed by atoms with van der Waals surface area (Å²) in [5.41, 5.74) is 0. The van der Waals surface area contributed by atoms with Gasteiger partial charge in [-0.05, 0) is 19.3 Å². The Balaban J connectivity index is -0.0000000884. The Labute approximate surface area is 202 Å². The summed E-state index contributed by atoms with van der Waals surface area (Å²) in [7, 11) is 0. The molecule has 0 aromatic heterocycles. The molecule has 1 aromatic carbocycles. The Morgan fingerprint density at radius 1 is 0.667 bits per heavy atom. The number of hydrogen-bond acceptors (Lipinski definition) is 3. The molecule has 0 spiro atoms. The molecule has 0 aliphatic rings. The van der Waals surface area contributed by atoms with Gasteiger partial charge < -0.3 is 15.3 Å². The molecule has 11 heteroatoms. The minimum Gasteiger partial charge on any atom is -0.214 e. The molecule has 1 rings (SSSR count). The maximum Gasteiger partial charge on any atom is 0 e. The minimum atomic E-state index is -4.98. The van der Waals surface area contributed by atoms with Crippen LogP contribution in [0.25, 0.3) is 0 Å². The summed E-state index contributed by atoms with van der Waals surface area (Å²) < 4.78 is 65.4. The summed E-state index contributed by atoms with van der Waals surface area (Å²) in [4.78, 5) is 0. The molecular formula is C19H36F6GeO3Zr-. The van der Waals surface area contributed by atoms with Crippen molar-refractivity contribution in [2.75, 3.05) is 19.8 Å². The van der Waals surface area contributed by atoms with Gasteiger partial charge in [0.2, 0.25) is 0 Å². The quantitative estimate of drug-likeness (QED) is 0.243. The molecule has 1 radical (unpaired) electrons. The summed E-state index contributed by atoms with van der Waals surface area (Å²) in [6.45, 7) is 7.19. The van der Waals surface area contributed by atoms with Crippen LogP contribution in [0.15, 0.2) is 30.3 Å². The topological polar surface area (TPSA) is 60.7 Å². The third-order valence-corrected chi connectivity index (χ3v) is 3.79. The average molecular weight is 590 g/mol. The fourth-order valence-corrected chi connectivity index (χ4v) is 1.76. The molecule has 0 aliphatic carbocycles. The molecule has 0 atom stereocenters. The number of aliphatic hydroxyl groups excluding tert-OH is 3. The molecule has 0 bridgehead atoms. The number of hydrogen-bond donors (Lipinski definition) is 3. The van der Waals surface area contributed by atoms with Gasteiger partial charge in [-0.2, -0.15) is 18.2 Å². The first-order valence-electron chi connectivity index (χ1n) is 9.45. The number of rotatable bonds is 6. The largest absolute Gasteiger partial charge is 0.214 e. The van der Waals surface area contributed by atoms with E-state index in [4.69, 9.17) is 15.3 Å². The average Bonchev–Trinajstić information content (AvgIpc) is 3.15. The van der Waals surface area contributed by atoms with Crippen molar-refractivity contribution >= 4 is 15.4 Å². The summed E-state index contributed by atoms with van der Waals surface area (Å²) in [5.74, 6) is 0. The van der Waals surface area contributed by atoms with E-state index in [2.05, 4.69) is 20.8 Å². The maximum atomic E-state index is 10.9. The van der Waals surface area contributed by atoms with Crippen LogP contribution in [-0.2, 0) is 26.2 Å². The molecule has 30 heavy (non-hydrogen) atoms. The van der Waals surface area contributed by atoms with Gasteiger partial charge in [-0.15, -0.1) is 0 Å². The zero-order chi connectivity index (χ0) is 23.6. The number of alkyl halides is 6. The molecule has 0 unspecified atom stereocenters. The van der Waals surface area contributed by atoms with Crippen LogP contribution < -0.4 is 0 Å². The predicted molar refractivity (Wildman–Crippen MR) is 107 cm³/mol. The van der Waals surface area contributed by atoms with Crippen molar-refractivity contribution in [2.45, 2.75) is 69.3 Å². The number of aliphatic hydroxyl groups is 3. The van der Waals surface area contributed by atoms with Crippen LogP contribution in [-0.4, -0.2) is 60.6 Å². The van der Waals surface area contributed by atoms with Crippen LogP contribution in [0.3, 0.4) is 0 Å². The van der Waals surface area contributed by atoms with Crippen molar-refractivity contribution < 1.29 is 67.9 Å². The summed E-state index contributed by atoms with van der Waals surface area (Å²) in [6.07, 6.45) is 6.11. The normalized spacial score (nSPS) is 9.73. The molecule has 1 aromatic rings. The smallest absolute Gasteiger partial charge is 0 e. The molecule has 181 valence electrons. The van der Waals surface area contributed by atoms with Crippen molar-refractivity contribution in [3.05, 3.63) is 30.3 Å². The van der Waals surface area contributed by atoms with E-state index in [1.807, 2.05) is 30.3 Å². The zero-order valence-corrected chi connectivity index (χ0v) is 22.8. The minimum absolute atomic E-state index is 0. The van der Waals surface area contributed by atoms with E-state index in [9.17, 15) is 26.3 Å². The van der Waals surface area contributed by atoms with Gasteiger partial charge >= 0.3 is 51.8 Å². The van der Waals surface area contributed by atoms with Crippen LogP contribution in [0.2, 0.25) is 0 Å². The van der Waals surface area contributed by atoms with E-state index in [1.54, 1.807) is 0 Å². The van der Waals surface area contributed by atoms with Crippen molar-refractivity contribution in [1.82, 2.24) is 0 Å². The van der Waals surface area contributed by atoms with Crippen LogP contribution in [0.5, 0.6) is 0 Å². The Morgan fingerprint density at radius 2 is 0.933 bits per heavy atom. The summed E-state index contributed by atoms with van der Waals surface area (Å²) >= 11 is -4.06. The van der Waals surface area contributed by atoms with Crippen LogP contribution in [0.4, 0.5) is 26.3 Å². The van der Waals surface area contributed by atoms with Gasteiger partial charge in [-0.25, -0.2) is 12.1 Å². The van der Waals surface area contributed by atoms with Gasteiger partial charge in [-0.1, -0.05) is 40.0 Å². The molecule has 0 amide bonds. The van der Waals surface area contributed by atoms with E-state index < -0.39 is 25.4 Å². The third-order valence-electron chi connectivity index (χ3n) is 2.42. The second-order valence-electron chi connectivity index (χ2n) is 5.42. The molecule has 0 fully saturated rings.